The monoisotopic (exact) mass is 482 g/mol. The Morgan fingerprint density at radius 1 is 1.00 bits per heavy atom. The van der Waals surface area contributed by atoms with Gasteiger partial charge in [0.2, 0.25) is 0 Å². The van der Waals surface area contributed by atoms with Crippen LogP contribution in [0.4, 0.5) is 13.2 Å². The Hall–Kier alpha value is -2.51. The summed E-state index contributed by atoms with van der Waals surface area (Å²) in [5.41, 5.74) is -1.13. The van der Waals surface area contributed by atoms with Gasteiger partial charge in [-0.2, -0.15) is 13.2 Å². The molecular weight excluding hydrogens is 464 g/mol. The van der Waals surface area contributed by atoms with Crippen molar-refractivity contribution in [1.82, 2.24) is 9.88 Å². The van der Waals surface area contributed by atoms with Crippen LogP contribution >= 0.6 is 23.2 Å². The zero-order valence-electron chi connectivity index (χ0n) is 16.8. The number of aromatic nitrogens is 1. The molecule has 0 aliphatic heterocycles. The summed E-state index contributed by atoms with van der Waals surface area (Å²) in [5, 5.41) is 3.20. The molecule has 0 unspecified atom stereocenters. The van der Waals surface area contributed by atoms with E-state index in [0.717, 1.165) is 17.4 Å². The van der Waals surface area contributed by atoms with Gasteiger partial charge in [0.1, 0.15) is 5.69 Å². The van der Waals surface area contributed by atoms with Crippen LogP contribution in [0.1, 0.15) is 47.3 Å². The molecule has 4 rings (SSSR count). The number of hydrogen-bond donors (Lipinski definition) is 1. The molecule has 0 bridgehead atoms. The molecule has 3 aromatic rings. The highest BCUT2D eigenvalue weighted by Gasteiger charge is 2.42. The molecule has 1 aliphatic rings. The SMILES string of the molecule is O=C(NC1CCCC1)C(=O)c1c(C(F)(F)F)n(Cc2ccc(Cl)cc2)c2ccc(Cl)cc12. The van der Waals surface area contributed by atoms with Gasteiger partial charge in [-0.25, -0.2) is 0 Å². The Kier molecular flexibility index (Phi) is 6.23. The van der Waals surface area contributed by atoms with Crippen LogP contribution in [0.15, 0.2) is 42.5 Å². The third kappa shape index (κ3) is 4.50. The fourth-order valence-corrected chi connectivity index (χ4v) is 4.52. The smallest absolute Gasteiger partial charge is 0.346 e. The molecule has 0 radical (unpaired) electrons. The number of carbonyl (C=O) groups is 2. The number of alkyl halides is 3. The van der Waals surface area contributed by atoms with Crippen LogP contribution in [-0.2, 0) is 17.5 Å². The van der Waals surface area contributed by atoms with Crippen molar-refractivity contribution < 1.29 is 22.8 Å². The van der Waals surface area contributed by atoms with Crippen molar-refractivity contribution >= 4 is 45.8 Å². The first-order valence-corrected chi connectivity index (χ1v) is 10.9. The van der Waals surface area contributed by atoms with Crippen LogP contribution in [0.25, 0.3) is 10.9 Å². The number of ketones is 1. The van der Waals surface area contributed by atoms with Crippen LogP contribution in [-0.4, -0.2) is 22.3 Å². The minimum atomic E-state index is -4.88. The highest BCUT2D eigenvalue weighted by molar-refractivity contribution is 6.45. The molecule has 1 fully saturated rings. The summed E-state index contributed by atoms with van der Waals surface area (Å²) in [5.74, 6) is -2.25. The average molecular weight is 483 g/mol. The Labute approximate surface area is 192 Å². The topological polar surface area (TPSA) is 51.1 Å². The third-order valence-electron chi connectivity index (χ3n) is 5.67. The van der Waals surface area contributed by atoms with Gasteiger partial charge < -0.3 is 9.88 Å². The molecule has 1 saturated carbocycles. The Morgan fingerprint density at radius 2 is 1.62 bits per heavy atom. The van der Waals surface area contributed by atoms with E-state index >= 15 is 0 Å². The number of nitrogens with one attached hydrogen (secondary N) is 1. The second-order valence-corrected chi connectivity index (χ2v) is 8.75. The second-order valence-electron chi connectivity index (χ2n) is 7.88. The van der Waals surface area contributed by atoms with Gasteiger partial charge in [-0.05, 0) is 48.7 Å². The number of carbonyl (C=O) groups excluding carboxylic acids is 2. The van der Waals surface area contributed by atoms with E-state index in [1.165, 1.54) is 18.2 Å². The molecule has 0 atom stereocenters. The van der Waals surface area contributed by atoms with E-state index in [9.17, 15) is 22.8 Å². The fourth-order valence-electron chi connectivity index (χ4n) is 4.22. The van der Waals surface area contributed by atoms with Gasteiger partial charge in [-0.1, -0.05) is 48.2 Å². The van der Waals surface area contributed by atoms with E-state index in [4.69, 9.17) is 23.2 Å². The Bertz CT molecular complexity index is 1180. The molecule has 32 heavy (non-hydrogen) atoms. The summed E-state index contributed by atoms with van der Waals surface area (Å²) in [4.78, 5) is 25.7. The molecule has 1 heterocycles. The van der Waals surface area contributed by atoms with Crippen molar-refractivity contribution in [2.24, 2.45) is 0 Å². The molecule has 0 saturated heterocycles. The summed E-state index contributed by atoms with van der Waals surface area (Å²) in [6.07, 6.45) is -1.66. The Morgan fingerprint density at radius 3 is 2.25 bits per heavy atom. The maximum Gasteiger partial charge on any atom is 0.432 e. The van der Waals surface area contributed by atoms with Crippen LogP contribution in [0.5, 0.6) is 0 Å². The highest BCUT2D eigenvalue weighted by atomic mass is 35.5. The molecule has 4 nitrogen and oxygen atoms in total. The first-order valence-electron chi connectivity index (χ1n) is 10.1. The largest absolute Gasteiger partial charge is 0.432 e. The van der Waals surface area contributed by atoms with Gasteiger partial charge in [0.25, 0.3) is 11.7 Å². The van der Waals surface area contributed by atoms with Crippen molar-refractivity contribution in [3.63, 3.8) is 0 Å². The van der Waals surface area contributed by atoms with E-state index in [2.05, 4.69) is 5.32 Å². The van der Waals surface area contributed by atoms with E-state index in [-0.39, 0.29) is 28.5 Å². The van der Waals surface area contributed by atoms with Crippen molar-refractivity contribution in [1.29, 1.82) is 0 Å². The number of fused-ring (bicyclic) bond motifs is 1. The summed E-state index contributed by atoms with van der Waals surface area (Å²) >= 11 is 11.9. The number of amides is 1. The van der Waals surface area contributed by atoms with Gasteiger partial charge in [-0.3, -0.25) is 9.59 Å². The summed E-state index contributed by atoms with van der Waals surface area (Å²) < 4.78 is 43.9. The number of hydrogen-bond acceptors (Lipinski definition) is 2. The molecule has 1 N–H and O–H groups in total. The fraction of sp³-hybridized carbons (Fsp3) is 0.304. The molecule has 1 amide bonds. The minimum Gasteiger partial charge on any atom is -0.346 e. The van der Waals surface area contributed by atoms with E-state index in [0.29, 0.717) is 23.4 Å². The second kappa shape index (κ2) is 8.79. The average Bonchev–Trinajstić information content (AvgIpc) is 3.34. The number of Topliss-reactive ketones (excluding diaryl/α,β-unsaturated/α-hetero) is 1. The number of halogens is 5. The molecule has 9 heteroatoms. The maximum atomic E-state index is 14.3. The van der Waals surface area contributed by atoms with E-state index in [1.807, 2.05) is 0 Å². The quantitative estimate of drug-likeness (QED) is 0.344. The summed E-state index contributed by atoms with van der Waals surface area (Å²) in [7, 11) is 0. The molecule has 0 spiro atoms. The van der Waals surface area contributed by atoms with Gasteiger partial charge in [0, 0.05) is 33.5 Å². The molecule has 1 aromatic heterocycles. The van der Waals surface area contributed by atoms with Crippen LogP contribution in [0.3, 0.4) is 0 Å². The summed E-state index contributed by atoms with van der Waals surface area (Å²) in [6.45, 7) is -0.165. The van der Waals surface area contributed by atoms with Gasteiger partial charge >= 0.3 is 6.18 Å². The minimum absolute atomic E-state index is 0.00893. The normalized spacial score (nSPS) is 14.8. The third-order valence-corrected chi connectivity index (χ3v) is 6.16. The zero-order chi connectivity index (χ0) is 23.0. The predicted molar refractivity (Wildman–Crippen MR) is 117 cm³/mol. The van der Waals surface area contributed by atoms with Crippen LogP contribution in [0.2, 0.25) is 10.0 Å². The first-order chi connectivity index (χ1) is 15.1. The zero-order valence-corrected chi connectivity index (χ0v) is 18.3. The maximum absolute atomic E-state index is 14.3. The van der Waals surface area contributed by atoms with Crippen LogP contribution < -0.4 is 5.32 Å². The van der Waals surface area contributed by atoms with Gasteiger partial charge in [-0.15, -0.1) is 0 Å². The lowest BCUT2D eigenvalue weighted by atomic mass is 10.0. The number of benzene rings is 2. The van der Waals surface area contributed by atoms with Crippen molar-refractivity contribution in [2.45, 2.75) is 44.4 Å². The molecule has 1 aliphatic carbocycles. The first kappa shape index (κ1) is 22.7. The van der Waals surface area contributed by atoms with Crippen molar-refractivity contribution in [3.05, 3.63) is 69.3 Å². The predicted octanol–water partition coefficient (Wildman–Crippen LogP) is 6.26. The number of rotatable bonds is 5. The van der Waals surface area contributed by atoms with Gasteiger partial charge in [0.15, 0.2) is 0 Å². The van der Waals surface area contributed by atoms with Crippen molar-refractivity contribution in [2.75, 3.05) is 0 Å². The van der Waals surface area contributed by atoms with Crippen LogP contribution in [0, 0.1) is 0 Å². The molecule has 168 valence electrons. The van der Waals surface area contributed by atoms with E-state index < -0.39 is 29.1 Å². The lowest BCUT2D eigenvalue weighted by molar-refractivity contribution is -0.143. The lowest BCUT2D eigenvalue weighted by Gasteiger charge is -2.15. The van der Waals surface area contributed by atoms with Crippen molar-refractivity contribution in [3.8, 4) is 0 Å². The van der Waals surface area contributed by atoms with E-state index in [1.54, 1.807) is 24.3 Å². The van der Waals surface area contributed by atoms with Gasteiger partial charge in [0.05, 0.1) is 5.56 Å². The highest BCUT2D eigenvalue weighted by Crippen LogP contribution is 2.40. The summed E-state index contributed by atoms with van der Waals surface area (Å²) in [6, 6.07) is 10.3. The number of nitrogens with zero attached hydrogens (tertiary/aromatic N) is 1. The lowest BCUT2D eigenvalue weighted by Crippen LogP contribution is -2.38. The standard InChI is InChI=1S/C23H19Cl2F3N2O2/c24-14-7-5-13(6-8-14)12-30-18-10-9-15(25)11-17(18)19(21(30)23(26,27)28)20(31)22(32)29-16-3-1-2-4-16/h5-11,16H,1-4,12H2,(H,29,32). The molecular formula is C23H19Cl2F3N2O2. The Balaban J connectivity index is 1.86. The molecule has 2 aromatic carbocycles.